The van der Waals surface area contributed by atoms with Gasteiger partial charge < -0.3 is 5.73 Å². The van der Waals surface area contributed by atoms with Gasteiger partial charge in [-0.15, -0.1) is 0 Å². The third kappa shape index (κ3) is 3.25. The van der Waals surface area contributed by atoms with Gasteiger partial charge in [-0.2, -0.15) is 23.1 Å². The molecule has 0 spiro atoms. The van der Waals surface area contributed by atoms with Crippen molar-refractivity contribution < 1.29 is 8.42 Å². The number of benzene rings is 2. The molecular weight excluding hydrogens is 312 g/mol. The molecule has 7 heteroatoms. The summed E-state index contributed by atoms with van der Waals surface area (Å²) in [6, 6.07) is 19.3. The quantitative estimate of drug-likeness (QED) is 0.749. The van der Waals surface area contributed by atoms with Gasteiger partial charge in [0.05, 0.1) is 16.3 Å². The van der Waals surface area contributed by atoms with Crippen LogP contribution in [0.4, 0.5) is 0 Å². The van der Waals surface area contributed by atoms with Crippen molar-refractivity contribution in [3.05, 3.63) is 72.4 Å². The van der Waals surface area contributed by atoms with Gasteiger partial charge in [0.25, 0.3) is 10.0 Å². The molecule has 118 valence electrons. The van der Waals surface area contributed by atoms with Crippen LogP contribution < -0.4 is 10.6 Å². The van der Waals surface area contributed by atoms with Gasteiger partial charge in [-0.25, -0.2) is 0 Å². The molecule has 1 heterocycles. The molecule has 3 aromatic rings. The normalized spacial score (nSPS) is 11.3. The van der Waals surface area contributed by atoms with Crippen molar-refractivity contribution in [1.82, 2.24) is 9.89 Å². The second-order valence-electron chi connectivity index (χ2n) is 4.91. The Morgan fingerprint density at radius 2 is 1.61 bits per heavy atom. The summed E-state index contributed by atoms with van der Waals surface area (Å²) < 4.78 is 25.0. The third-order valence-corrected chi connectivity index (χ3v) is 4.60. The number of hydrogen-bond acceptors (Lipinski definition) is 4. The highest BCUT2D eigenvalue weighted by molar-refractivity contribution is 7.92. The van der Waals surface area contributed by atoms with Crippen molar-refractivity contribution in [2.45, 2.75) is 11.4 Å². The smallest absolute Gasteiger partial charge is 0.276 e. The summed E-state index contributed by atoms with van der Waals surface area (Å²) in [5.74, 6) is 0. The van der Waals surface area contributed by atoms with Crippen molar-refractivity contribution in [2.24, 2.45) is 5.73 Å². The molecule has 0 aliphatic carbocycles. The summed E-state index contributed by atoms with van der Waals surface area (Å²) in [6.45, 7) is 0.222. The van der Waals surface area contributed by atoms with Gasteiger partial charge in [0, 0.05) is 12.1 Å². The molecule has 0 aliphatic heterocycles. The molecule has 0 saturated heterocycles. The Bertz CT molecular complexity index is 890. The first-order chi connectivity index (χ1) is 11.1. The molecule has 0 atom stereocenters. The van der Waals surface area contributed by atoms with E-state index in [1.165, 1.54) is 16.9 Å². The van der Waals surface area contributed by atoms with Crippen LogP contribution in [0.1, 0.15) is 5.69 Å². The van der Waals surface area contributed by atoms with Gasteiger partial charge in [-0.05, 0) is 18.2 Å². The average molecular weight is 328 g/mol. The van der Waals surface area contributed by atoms with Crippen LogP contribution in [-0.4, -0.2) is 18.3 Å². The van der Waals surface area contributed by atoms with Crippen LogP contribution in [0.2, 0.25) is 0 Å². The molecule has 2 aromatic carbocycles. The number of nitrogens with two attached hydrogens (primary N) is 1. The van der Waals surface area contributed by atoms with Gasteiger partial charge in [0.15, 0.2) is 0 Å². The van der Waals surface area contributed by atoms with Gasteiger partial charge in [-0.3, -0.25) is 0 Å². The molecule has 3 N–H and O–H groups in total. The first kappa shape index (κ1) is 15.3. The largest absolute Gasteiger partial charge is 0.325 e. The summed E-state index contributed by atoms with van der Waals surface area (Å²) >= 11 is 0. The number of nitrogens with one attached hydrogen (secondary N) is 1. The lowest BCUT2D eigenvalue weighted by Gasteiger charge is -2.11. The Morgan fingerprint density at radius 1 is 1.00 bits per heavy atom. The Morgan fingerprint density at radius 3 is 2.22 bits per heavy atom. The highest BCUT2D eigenvalue weighted by Gasteiger charge is 2.17. The van der Waals surface area contributed by atoms with Crippen molar-refractivity contribution in [1.29, 1.82) is 0 Å². The van der Waals surface area contributed by atoms with E-state index in [-0.39, 0.29) is 11.4 Å². The lowest BCUT2D eigenvalue weighted by atomic mass is 10.1. The maximum Gasteiger partial charge on any atom is 0.276 e. The minimum atomic E-state index is -3.73. The first-order valence-corrected chi connectivity index (χ1v) is 8.51. The van der Waals surface area contributed by atoms with E-state index in [1.807, 2.05) is 30.3 Å². The van der Waals surface area contributed by atoms with Crippen LogP contribution in [0.25, 0.3) is 11.3 Å². The molecule has 0 amide bonds. The highest BCUT2D eigenvalue weighted by atomic mass is 32.2. The summed E-state index contributed by atoms with van der Waals surface area (Å²) in [5, 5.41) is 4.22. The second kappa shape index (κ2) is 6.23. The SMILES string of the molecule is NCc1cc(-c2ccccc2)n(NS(=O)(=O)c2ccccc2)n1. The van der Waals surface area contributed by atoms with Crippen molar-refractivity contribution in [3.8, 4) is 11.3 Å². The minimum absolute atomic E-state index is 0.170. The lowest BCUT2D eigenvalue weighted by Crippen LogP contribution is -2.25. The molecule has 0 aliphatic rings. The molecule has 0 fully saturated rings. The molecule has 6 nitrogen and oxygen atoms in total. The Hall–Kier alpha value is -2.64. The number of nitrogens with zero attached hydrogens (tertiary/aromatic N) is 2. The van der Waals surface area contributed by atoms with E-state index in [4.69, 9.17) is 5.73 Å². The third-order valence-electron chi connectivity index (χ3n) is 3.30. The minimum Gasteiger partial charge on any atom is -0.325 e. The van der Waals surface area contributed by atoms with Gasteiger partial charge in [0.2, 0.25) is 0 Å². The molecule has 0 unspecified atom stereocenters. The monoisotopic (exact) mass is 328 g/mol. The fraction of sp³-hybridized carbons (Fsp3) is 0.0625. The van der Waals surface area contributed by atoms with E-state index in [0.29, 0.717) is 11.4 Å². The topological polar surface area (TPSA) is 90.0 Å². The second-order valence-corrected chi connectivity index (χ2v) is 6.57. The van der Waals surface area contributed by atoms with E-state index in [2.05, 4.69) is 9.93 Å². The molecule has 3 rings (SSSR count). The van der Waals surface area contributed by atoms with Crippen LogP contribution in [0.5, 0.6) is 0 Å². The van der Waals surface area contributed by atoms with Crippen LogP contribution >= 0.6 is 0 Å². The van der Waals surface area contributed by atoms with Crippen LogP contribution in [-0.2, 0) is 16.6 Å². The van der Waals surface area contributed by atoms with E-state index in [9.17, 15) is 8.42 Å². The summed E-state index contributed by atoms with van der Waals surface area (Å²) in [5.41, 5.74) is 7.70. The maximum atomic E-state index is 12.5. The molecule has 23 heavy (non-hydrogen) atoms. The summed E-state index contributed by atoms with van der Waals surface area (Å²) in [7, 11) is -3.73. The van der Waals surface area contributed by atoms with E-state index in [0.717, 1.165) is 5.56 Å². The maximum absolute atomic E-state index is 12.5. The molecule has 0 bridgehead atoms. The fourth-order valence-electron chi connectivity index (χ4n) is 2.18. The van der Waals surface area contributed by atoms with Crippen LogP contribution in [0.15, 0.2) is 71.6 Å². The number of hydrogen-bond donors (Lipinski definition) is 2. The zero-order valence-electron chi connectivity index (χ0n) is 12.3. The Kier molecular flexibility index (Phi) is 4.14. The van der Waals surface area contributed by atoms with Crippen LogP contribution in [0.3, 0.4) is 0 Å². The predicted octanol–water partition coefficient (Wildman–Crippen LogP) is 1.94. The fourth-order valence-corrected chi connectivity index (χ4v) is 3.17. The average Bonchev–Trinajstić information content (AvgIpc) is 2.99. The molecule has 0 radical (unpaired) electrons. The van der Waals surface area contributed by atoms with Crippen molar-refractivity contribution in [3.63, 3.8) is 0 Å². The van der Waals surface area contributed by atoms with Gasteiger partial charge >= 0.3 is 0 Å². The van der Waals surface area contributed by atoms with E-state index >= 15 is 0 Å². The Labute approximate surface area is 134 Å². The zero-order chi connectivity index (χ0) is 16.3. The van der Waals surface area contributed by atoms with Crippen LogP contribution in [0, 0.1) is 0 Å². The van der Waals surface area contributed by atoms with Crippen molar-refractivity contribution >= 4 is 10.0 Å². The lowest BCUT2D eigenvalue weighted by molar-refractivity contribution is 0.591. The first-order valence-electron chi connectivity index (χ1n) is 7.02. The summed E-state index contributed by atoms with van der Waals surface area (Å²) in [4.78, 5) is 3.90. The zero-order valence-corrected chi connectivity index (χ0v) is 13.1. The molecule has 0 saturated carbocycles. The standard InChI is InChI=1S/C16H16N4O2S/c17-12-14-11-16(13-7-3-1-4-8-13)20(18-14)19-23(21,22)15-9-5-2-6-10-15/h1-11,19H,12,17H2. The highest BCUT2D eigenvalue weighted by Crippen LogP contribution is 2.20. The Balaban J connectivity index is 2.02. The summed E-state index contributed by atoms with van der Waals surface area (Å²) in [6.07, 6.45) is 0. The van der Waals surface area contributed by atoms with Gasteiger partial charge in [-0.1, -0.05) is 48.5 Å². The predicted molar refractivity (Wildman–Crippen MR) is 88.5 cm³/mol. The van der Waals surface area contributed by atoms with Gasteiger partial charge in [0.1, 0.15) is 0 Å². The molecule has 1 aromatic heterocycles. The van der Waals surface area contributed by atoms with E-state index in [1.54, 1.807) is 24.3 Å². The number of rotatable bonds is 5. The molecular formula is C16H16N4O2S. The number of sulfonamides is 1. The van der Waals surface area contributed by atoms with Crippen molar-refractivity contribution in [2.75, 3.05) is 4.83 Å². The number of aromatic nitrogens is 2. The van der Waals surface area contributed by atoms with E-state index < -0.39 is 10.0 Å².